The molecule has 0 heterocycles. The number of benzene rings is 1. The number of rotatable bonds is 6. The molecule has 8 heteroatoms. The summed E-state index contributed by atoms with van der Waals surface area (Å²) in [7, 11) is 3.27. The fourth-order valence-corrected chi connectivity index (χ4v) is 2.16. The van der Waals surface area contributed by atoms with E-state index in [9.17, 15) is 18.0 Å². The van der Waals surface area contributed by atoms with Crippen molar-refractivity contribution >= 4 is 17.4 Å². The Balaban J connectivity index is 3.04. The van der Waals surface area contributed by atoms with Crippen molar-refractivity contribution in [2.75, 3.05) is 30.9 Å². The third kappa shape index (κ3) is 5.30. The van der Waals surface area contributed by atoms with E-state index < -0.39 is 23.3 Å². The van der Waals surface area contributed by atoms with Gasteiger partial charge in [0, 0.05) is 31.9 Å². The highest BCUT2D eigenvalue weighted by molar-refractivity contribution is 5.91. The van der Waals surface area contributed by atoms with Gasteiger partial charge in [-0.25, -0.2) is 4.79 Å². The van der Waals surface area contributed by atoms with Crippen LogP contribution >= 0.6 is 0 Å². The maximum Gasteiger partial charge on any atom is 0.418 e. The van der Waals surface area contributed by atoms with Gasteiger partial charge in [-0.3, -0.25) is 0 Å². The lowest BCUT2D eigenvalue weighted by Gasteiger charge is -2.29. The van der Waals surface area contributed by atoms with Gasteiger partial charge in [0.2, 0.25) is 0 Å². The number of carbonyl (C=O) groups is 1. The zero-order chi connectivity index (χ0) is 18.5. The lowest BCUT2D eigenvalue weighted by Crippen LogP contribution is -2.48. The van der Waals surface area contributed by atoms with Crippen LogP contribution in [0, 0.1) is 0 Å². The number of hydrogen-bond acceptors (Lipinski definition) is 3. The Hall–Kier alpha value is -1.96. The molecule has 1 rings (SSSR count). The van der Waals surface area contributed by atoms with Crippen molar-refractivity contribution in [3.63, 3.8) is 0 Å². The fourth-order valence-electron chi connectivity index (χ4n) is 2.16. The molecule has 1 unspecified atom stereocenters. The van der Waals surface area contributed by atoms with Crippen molar-refractivity contribution in [1.29, 1.82) is 0 Å². The summed E-state index contributed by atoms with van der Waals surface area (Å²) in [6, 6.07) is 2.98. The summed E-state index contributed by atoms with van der Waals surface area (Å²) in [5, 5.41) is 13.9. The third-order valence-electron chi connectivity index (χ3n) is 3.93. The van der Waals surface area contributed by atoms with Crippen molar-refractivity contribution in [3.05, 3.63) is 23.8 Å². The first kappa shape index (κ1) is 20.1. The van der Waals surface area contributed by atoms with Crippen molar-refractivity contribution in [2.24, 2.45) is 0 Å². The smallest absolute Gasteiger partial charge is 0.396 e. The van der Waals surface area contributed by atoms with E-state index in [1.165, 1.54) is 12.1 Å². The van der Waals surface area contributed by atoms with E-state index in [1.54, 1.807) is 25.9 Å². The summed E-state index contributed by atoms with van der Waals surface area (Å²) in [6.45, 7) is 3.42. The van der Waals surface area contributed by atoms with Crippen molar-refractivity contribution in [1.82, 2.24) is 5.32 Å². The monoisotopic (exact) mass is 347 g/mol. The SMILES string of the molecule is CCC(C)(CCO)NC(=O)Nc1ccc(N(C)C)cc1C(F)(F)F. The van der Waals surface area contributed by atoms with E-state index in [-0.39, 0.29) is 12.3 Å². The van der Waals surface area contributed by atoms with Crippen LogP contribution < -0.4 is 15.5 Å². The molecule has 5 nitrogen and oxygen atoms in total. The van der Waals surface area contributed by atoms with Gasteiger partial charge in [-0.1, -0.05) is 6.92 Å². The number of nitrogens with zero attached hydrogens (tertiary/aromatic N) is 1. The highest BCUT2D eigenvalue weighted by atomic mass is 19.4. The molecule has 0 fully saturated rings. The normalized spacial score (nSPS) is 14.0. The lowest BCUT2D eigenvalue weighted by atomic mass is 9.95. The van der Waals surface area contributed by atoms with Crippen LogP contribution in [-0.4, -0.2) is 37.4 Å². The molecule has 0 aliphatic carbocycles. The molecule has 136 valence electrons. The zero-order valence-electron chi connectivity index (χ0n) is 14.3. The minimum absolute atomic E-state index is 0.129. The van der Waals surface area contributed by atoms with Crippen LogP contribution in [0.25, 0.3) is 0 Å². The van der Waals surface area contributed by atoms with Gasteiger partial charge in [-0.15, -0.1) is 0 Å². The molecular formula is C16H24F3N3O2. The zero-order valence-corrected chi connectivity index (χ0v) is 14.3. The number of anilines is 2. The number of carbonyl (C=O) groups excluding carboxylic acids is 1. The van der Waals surface area contributed by atoms with E-state index in [2.05, 4.69) is 10.6 Å². The molecule has 1 aromatic rings. The van der Waals surface area contributed by atoms with E-state index in [1.807, 2.05) is 6.92 Å². The molecule has 0 aromatic heterocycles. The molecule has 0 spiro atoms. The van der Waals surface area contributed by atoms with Crippen LogP contribution in [0.4, 0.5) is 29.3 Å². The minimum Gasteiger partial charge on any atom is -0.396 e. The maximum absolute atomic E-state index is 13.2. The third-order valence-corrected chi connectivity index (χ3v) is 3.93. The van der Waals surface area contributed by atoms with Gasteiger partial charge in [0.05, 0.1) is 11.3 Å². The van der Waals surface area contributed by atoms with Gasteiger partial charge in [0.15, 0.2) is 0 Å². The number of hydrogen-bond donors (Lipinski definition) is 3. The van der Waals surface area contributed by atoms with Crippen LogP contribution in [0.2, 0.25) is 0 Å². The first-order valence-corrected chi connectivity index (χ1v) is 7.61. The molecular weight excluding hydrogens is 323 g/mol. The van der Waals surface area contributed by atoms with Gasteiger partial charge in [-0.2, -0.15) is 13.2 Å². The highest BCUT2D eigenvalue weighted by Gasteiger charge is 2.35. The summed E-state index contributed by atoms with van der Waals surface area (Å²) in [4.78, 5) is 13.6. The van der Waals surface area contributed by atoms with Gasteiger partial charge in [-0.05, 0) is 38.0 Å². The number of amides is 2. The van der Waals surface area contributed by atoms with E-state index in [4.69, 9.17) is 5.11 Å². The first-order chi connectivity index (χ1) is 11.0. The Morgan fingerprint density at radius 1 is 1.29 bits per heavy atom. The largest absolute Gasteiger partial charge is 0.418 e. The molecule has 1 atom stereocenters. The average Bonchev–Trinajstić information content (AvgIpc) is 2.46. The highest BCUT2D eigenvalue weighted by Crippen LogP contribution is 2.37. The topological polar surface area (TPSA) is 64.6 Å². The van der Waals surface area contributed by atoms with Crippen LogP contribution in [0.3, 0.4) is 0 Å². The number of nitrogens with one attached hydrogen (secondary N) is 2. The Bertz CT molecular complexity index is 576. The standard InChI is InChI=1S/C16H24F3N3O2/c1-5-15(2,8-9-23)21-14(24)20-13-7-6-11(22(3)4)10-12(13)16(17,18)19/h6-7,10,23H,5,8-9H2,1-4H3,(H2,20,21,24). The molecule has 0 aliphatic heterocycles. The predicted octanol–water partition coefficient (Wildman–Crippen LogP) is 3.44. The molecule has 0 saturated heterocycles. The summed E-state index contributed by atoms with van der Waals surface area (Å²) >= 11 is 0. The van der Waals surface area contributed by atoms with Gasteiger partial charge >= 0.3 is 12.2 Å². The van der Waals surface area contributed by atoms with Crippen molar-refractivity contribution in [3.8, 4) is 0 Å². The Morgan fingerprint density at radius 3 is 2.38 bits per heavy atom. The molecule has 1 aromatic carbocycles. The number of halogens is 3. The molecule has 0 bridgehead atoms. The van der Waals surface area contributed by atoms with Gasteiger partial charge in [0.25, 0.3) is 0 Å². The second-order valence-electron chi connectivity index (χ2n) is 6.09. The number of urea groups is 1. The molecule has 2 amide bonds. The van der Waals surface area contributed by atoms with Crippen molar-refractivity contribution < 1.29 is 23.1 Å². The lowest BCUT2D eigenvalue weighted by molar-refractivity contribution is -0.136. The van der Waals surface area contributed by atoms with Crippen LogP contribution in [0.1, 0.15) is 32.3 Å². The van der Waals surface area contributed by atoms with Gasteiger partial charge in [0.1, 0.15) is 0 Å². The number of aliphatic hydroxyl groups is 1. The maximum atomic E-state index is 13.2. The quantitative estimate of drug-likeness (QED) is 0.739. The molecule has 0 radical (unpaired) electrons. The minimum atomic E-state index is -4.59. The van der Waals surface area contributed by atoms with Crippen LogP contribution in [0.5, 0.6) is 0 Å². The fraction of sp³-hybridized carbons (Fsp3) is 0.562. The second-order valence-corrected chi connectivity index (χ2v) is 6.09. The summed E-state index contributed by atoms with van der Waals surface area (Å²) in [5.74, 6) is 0. The van der Waals surface area contributed by atoms with Crippen molar-refractivity contribution in [2.45, 2.75) is 38.4 Å². The summed E-state index contributed by atoms with van der Waals surface area (Å²) in [6.07, 6.45) is -3.75. The molecule has 0 aliphatic rings. The predicted molar refractivity (Wildman–Crippen MR) is 88.3 cm³/mol. The molecule has 3 N–H and O–H groups in total. The van der Waals surface area contributed by atoms with E-state index in [0.717, 1.165) is 6.07 Å². The summed E-state index contributed by atoms with van der Waals surface area (Å²) < 4.78 is 39.7. The van der Waals surface area contributed by atoms with Crippen LogP contribution in [-0.2, 0) is 6.18 Å². The Labute approximate surface area is 139 Å². The first-order valence-electron chi connectivity index (χ1n) is 7.61. The van der Waals surface area contributed by atoms with Gasteiger partial charge < -0.3 is 20.6 Å². The Kier molecular flexibility index (Phi) is 6.48. The molecule has 0 saturated carbocycles. The van der Waals surface area contributed by atoms with Crippen LogP contribution in [0.15, 0.2) is 18.2 Å². The van der Waals surface area contributed by atoms with E-state index >= 15 is 0 Å². The Morgan fingerprint density at radius 2 is 1.92 bits per heavy atom. The average molecular weight is 347 g/mol. The second kappa shape index (κ2) is 7.74. The number of alkyl halides is 3. The van der Waals surface area contributed by atoms with E-state index in [0.29, 0.717) is 18.5 Å². The number of aliphatic hydroxyl groups excluding tert-OH is 1. The summed E-state index contributed by atoms with van der Waals surface area (Å²) in [5.41, 5.74) is -1.54. The molecule has 24 heavy (non-hydrogen) atoms.